The monoisotopic (exact) mass is 651 g/mol. The van der Waals surface area contributed by atoms with Crippen LogP contribution in [0, 0.1) is 0 Å². The molecule has 2 atom stereocenters. The van der Waals surface area contributed by atoms with Crippen molar-refractivity contribution >= 4 is 75.3 Å². The van der Waals surface area contributed by atoms with Gasteiger partial charge in [0.15, 0.2) is 23.2 Å². The summed E-state index contributed by atoms with van der Waals surface area (Å²) in [4.78, 5) is 72.0. The highest BCUT2D eigenvalue weighted by Crippen LogP contribution is 2.40. The average Bonchev–Trinajstić information content (AvgIpc) is 3.49. The number of carbonyl (C=O) groups excluding carboxylic acids is 4. The third kappa shape index (κ3) is 6.28. The van der Waals surface area contributed by atoms with Gasteiger partial charge < -0.3 is 47.7 Å². The van der Waals surface area contributed by atoms with Gasteiger partial charge in [0.25, 0.3) is 11.8 Å². The second-order valence-electron chi connectivity index (χ2n) is 10.0. The lowest BCUT2D eigenvalue weighted by Crippen LogP contribution is -2.71. The minimum absolute atomic E-state index is 0.00842. The van der Waals surface area contributed by atoms with Crippen molar-refractivity contribution in [1.82, 2.24) is 24.3 Å². The molecular formula is C23H29N11O8S2. The van der Waals surface area contributed by atoms with Gasteiger partial charge in [-0.1, -0.05) is 5.16 Å². The highest BCUT2D eigenvalue weighted by atomic mass is 32.2. The van der Waals surface area contributed by atoms with Crippen LogP contribution in [0.25, 0.3) is 0 Å². The van der Waals surface area contributed by atoms with E-state index < -0.39 is 46.5 Å². The predicted octanol–water partition coefficient (Wildman–Crippen LogP) is -3.70. The lowest BCUT2D eigenvalue weighted by atomic mass is 10.0. The van der Waals surface area contributed by atoms with E-state index >= 15 is 0 Å². The lowest BCUT2D eigenvalue weighted by molar-refractivity contribution is -0.765. The molecule has 44 heavy (non-hydrogen) atoms. The Morgan fingerprint density at radius 3 is 2.61 bits per heavy atom. The van der Waals surface area contributed by atoms with Gasteiger partial charge in [-0.25, -0.2) is 4.79 Å². The number of hydrogen-bond acceptors (Lipinski definition) is 15. The maximum atomic E-state index is 13.2. The van der Waals surface area contributed by atoms with Crippen LogP contribution < -0.4 is 37.6 Å². The number of aromatic nitrogens is 4. The maximum absolute atomic E-state index is 13.2. The Balaban J connectivity index is 1.55. The van der Waals surface area contributed by atoms with Gasteiger partial charge in [0.05, 0.1) is 18.7 Å². The molecule has 1 saturated heterocycles. The zero-order valence-corrected chi connectivity index (χ0v) is 25.2. The van der Waals surface area contributed by atoms with Crippen molar-refractivity contribution in [3.05, 3.63) is 23.3 Å². The first-order valence-electron chi connectivity index (χ1n) is 12.8. The number of carboxylic acid groups (broad SMARTS) is 2. The van der Waals surface area contributed by atoms with Crippen molar-refractivity contribution < 1.29 is 43.7 Å². The predicted molar refractivity (Wildman–Crippen MR) is 153 cm³/mol. The molecule has 2 aromatic heterocycles. The summed E-state index contributed by atoms with van der Waals surface area (Å²) in [6.07, 6.45) is 1.60. The van der Waals surface area contributed by atoms with Crippen LogP contribution in [0.4, 0.5) is 16.6 Å². The molecule has 4 rings (SSSR count). The zero-order chi connectivity index (χ0) is 32.5. The molecule has 21 heteroatoms. The van der Waals surface area contributed by atoms with Crippen molar-refractivity contribution in [3.63, 3.8) is 0 Å². The van der Waals surface area contributed by atoms with Gasteiger partial charge in [-0.2, -0.15) is 9.36 Å². The van der Waals surface area contributed by atoms with E-state index in [1.807, 2.05) is 0 Å². The molecule has 2 aliphatic rings. The first-order valence-corrected chi connectivity index (χ1v) is 14.6. The van der Waals surface area contributed by atoms with Gasteiger partial charge in [-0.05, 0) is 13.8 Å². The molecule has 0 bridgehead atoms. The smallest absolute Gasteiger partial charge is 0.350 e. The Morgan fingerprint density at radius 2 is 2.02 bits per heavy atom. The van der Waals surface area contributed by atoms with Crippen LogP contribution in [0.3, 0.4) is 0 Å². The van der Waals surface area contributed by atoms with E-state index in [9.17, 15) is 34.2 Å². The molecule has 9 N–H and O–H groups in total. The number of rotatable bonds is 12. The number of amides is 3. The molecule has 4 heterocycles. The summed E-state index contributed by atoms with van der Waals surface area (Å²) >= 11 is 1.94. The van der Waals surface area contributed by atoms with Crippen LogP contribution in [0.2, 0.25) is 0 Å². The summed E-state index contributed by atoms with van der Waals surface area (Å²) in [7, 11) is 1.61. The van der Waals surface area contributed by atoms with E-state index in [4.69, 9.17) is 22.0 Å². The molecule has 236 valence electrons. The second kappa shape index (κ2) is 12.5. The van der Waals surface area contributed by atoms with Crippen LogP contribution in [0.15, 0.2) is 22.6 Å². The SMILES string of the molecule is Cn1c(N)c(NC(=O)CCN)c[n+]1CC1=C(C(=O)[O-])N2C(=O)[C@@H](NC(=O)/C(=N/OC(C)(C)C(=O)O)c3nsc(N)n3)[C@H]2SC1. The maximum Gasteiger partial charge on any atom is 0.350 e. The third-order valence-electron chi connectivity index (χ3n) is 6.56. The fourth-order valence-electron chi connectivity index (χ4n) is 4.12. The summed E-state index contributed by atoms with van der Waals surface area (Å²) in [5.41, 5.74) is 15.0. The highest BCUT2D eigenvalue weighted by molar-refractivity contribution is 8.00. The largest absolute Gasteiger partial charge is 0.543 e. The molecule has 0 unspecified atom stereocenters. The summed E-state index contributed by atoms with van der Waals surface area (Å²) in [5.74, 6) is -4.95. The number of anilines is 3. The topological polar surface area (TPSA) is 290 Å². The van der Waals surface area contributed by atoms with Gasteiger partial charge in [0.2, 0.25) is 29.2 Å². The fraction of sp³-hybridized carbons (Fsp3) is 0.435. The van der Waals surface area contributed by atoms with Gasteiger partial charge in [-0.15, -0.1) is 21.1 Å². The molecule has 0 spiro atoms. The zero-order valence-electron chi connectivity index (χ0n) is 23.6. The molecule has 1 fully saturated rings. The second-order valence-corrected chi connectivity index (χ2v) is 11.9. The average molecular weight is 652 g/mol. The number of fused-ring (bicyclic) bond motifs is 1. The number of nitrogen functional groups attached to an aromatic ring is 2. The molecule has 2 aliphatic heterocycles. The molecule has 0 aliphatic carbocycles. The summed E-state index contributed by atoms with van der Waals surface area (Å²) in [6, 6.07) is -1.18. The van der Waals surface area contributed by atoms with Crippen molar-refractivity contribution in [2.24, 2.45) is 17.9 Å². The lowest BCUT2D eigenvalue weighted by Gasteiger charge is -2.50. The van der Waals surface area contributed by atoms with Crippen LogP contribution >= 0.6 is 23.3 Å². The number of aliphatic carboxylic acids is 2. The Labute approximate surface area is 257 Å². The minimum Gasteiger partial charge on any atom is -0.543 e. The number of nitrogens with two attached hydrogens (primary N) is 3. The van der Waals surface area contributed by atoms with Gasteiger partial charge >= 0.3 is 5.97 Å². The number of thioether (sulfide) groups is 1. The Bertz CT molecular complexity index is 1600. The van der Waals surface area contributed by atoms with Crippen LogP contribution in [0.5, 0.6) is 0 Å². The minimum atomic E-state index is -1.82. The first kappa shape index (κ1) is 32.2. The Hall–Kier alpha value is -4.76. The number of nitrogens with one attached hydrogen (secondary N) is 2. The van der Waals surface area contributed by atoms with E-state index in [0.29, 0.717) is 11.3 Å². The standard InChI is InChI=1S/C23H29N11O8S2/c1-23(2,21(40)41)42-30-12(16-29-22(26)44-31-16)17(36)28-13-18(37)34-14(20(38)39)9(8-43-19(13)34)6-33-7-10(15(25)32(33)3)27-11(35)4-5-24/h7,13,19,25H,4-6,8,24H2,1-3H3,(H6,26,27,28,29,31,35,36,38,39,40,41)/b30-12+/t13-,19-/m1/s1. The van der Waals surface area contributed by atoms with Crippen LogP contribution in [-0.4, -0.2) is 88.7 Å². The number of oxime groups is 1. The van der Waals surface area contributed by atoms with E-state index in [0.717, 1.165) is 16.4 Å². The van der Waals surface area contributed by atoms with E-state index in [1.165, 1.54) is 36.5 Å². The molecule has 0 saturated carbocycles. The van der Waals surface area contributed by atoms with Crippen molar-refractivity contribution in [3.8, 4) is 0 Å². The molecule has 19 nitrogen and oxygen atoms in total. The third-order valence-corrected chi connectivity index (χ3v) is 8.44. The normalized spacial score (nSPS) is 18.4. The number of carbonyl (C=O) groups is 5. The number of carboxylic acids is 2. The molecule has 3 amide bonds. The van der Waals surface area contributed by atoms with Crippen LogP contribution in [-0.2, 0) is 42.4 Å². The molecule has 0 radical (unpaired) electrons. The van der Waals surface area contributed by atoms with Crippen molar-refractivity contribution in [2.45, 2.75) is 43.8 Å². The van der Waals surface area contributed by atoms with Gasteiger partial charge in [-0.3, -0.25) is 19.3 Å². The summed E-state index contributed by atoms with van der Waals surface area (Å²) in [5, 5.41) is 29.5. The molecule has 0 aromatic carbocycles. The van der Waals surface area contributed by atoms with E-state index in [-0.39, 0.29) is 53.6 Å². The van der Waals surface area contributed by atoms with Gasteiger partial charge in [0, 0.05) is 35.8 Å². The fourth-order valence-corrected chi connectivity index (χ4v) is 5.89. The molecule has 2 aromatic rings. The summed E-state index contributed by atoms with van der Waals surface area (Å²) in [6.45, 7) is 2.54. The Kier molecular flexibility index (Phi) is 9.11. The number of β-lactam (4-membered cyclic amide) rings is 1. The van der Waals surface area contributed by atoms with Crippen LogP contribution in [0.1, 0.15) is 26.1 Å². The summed E-state index contributed by atoms with van der Waals surface area (Å²) < 4.78 is 6.97. The van der Waals surface area contributed by atoms with Crippen molar-refractivity contribution in [2.75, 3.05) is 29.1 Å². The highest BCUT2D eigenvalue weighted by Gasteiger charge is 2.53. The Morgan fingerprint density at radius 1 is 1.32 bits per heavy atom. The molecular weight excluding hydrogens is 622 g/mol. The van der Waals surface area contributed by atoms with Crippen molar-refractivity contribution in [1.29, 1.82) is 0 Å². The number of hydrogen-bond donors (Lipinski definition) is 6. The quantitative estimate of drug-likeness (QED) is 0.0557. The van der Waals surface area contributed by atoms with E-state index in [1.54, 1.807) is 11.7 Å². The van der Waals surface area contributed by atoms with Gasteiger partial charge in [0.1, 0.15) is 11.4 Å². The van der Waals surface area contributed by atoms with E-state index in [2.05, 4.69) is 25.1 Å². The first-order chi connectivity index (χ1) is 20.7. The number of nitrogens with zero attached hydrogens (tertiary/aromatic N) is 6.